The van der Waals surface area contributed by atoms with Gasteiger partial charge >= 0.3 is 0 Å². The zero-order valence-corrected chi connectivity index (χ0v) is 6.50. The quantitative estimate of drug-likeness (QED) is 0.403. The highest BCUT2D eigenvalue weighted by Crippen LogP contribution is 2.07. The lowest BCUT2D eigenvalue weighted by molar-refractivity contribution is -0.974. The molecular weight excluding hydrogens is 118 g/mol. The van der Waals surface area contributed by atoms with Crippen LogP contribution in [-0.2, 0) is 0 Å². The molecule has 0 rings (SSSR count). The van der Waals surface area contributed by atoms with Crippen molar-refractivity contribution in [3.05, 3.63) is 0 Å². The fourth-order valence-electron chi connectivity index (χ4n) is 0.312. The van der Waals surface area contributed by atoms with Gasteiger partial charge in [0.25, 0.3) is 0 Å². The van der Waals surface area contributed by atoms with E-state index in [1.807, 2.05) is 0 Å². The van der Waals surface area contributed by atoms with Gasteiger partial charge in [0.05, 0.1) is 14.1 Å². The second kappa shape index (κ2) is 2.64. The Labute approximate surface area is 56.1 Å². The van der Waals surface area contributed by atoms with Crippen LogP contribution in [0.5, 0.6) is 0 Å². The Balaban J connectivity index is 4.01. The third-order valence-electron chi connectivity index (χ3n) is 1.93. The second-order valence-electron chi connectivity index (χ2n) is 2.89. The Morgan fingerprint density at radius 1 is 1.00 bits per heavy atom. The van der Waals surface area contributed by atoms with E-state index in [-0.39, 0.29) is 4.48 Å². The lowest BCUT2D eigenvalue weighted by atomic mass is 10.4. The van der Waals surface area contributed by atoms with Gasteiger partial charge < -0.3 is 10.2 Å². The lowest BCUT2D eigenvalue weighted by Crippen LogP contribution is -2.53. The first-order valence-corrected chi connectivity index (χ1v) is 3.08. The van der Waals surface area contributed by atoms with Gasteiger partial charge in [-0.05, 0) is 0 Å². The number of hydrogen-bond acceptors (Lipinski definition) is 2. The maximum Gasteiger partial charge on any atom is 0.189 e. The van der Waals surface area contributed by atoms with Crippen LogP contribution in [0.3, 0.4) is 0 Å². The number of aliphatic hydroxyl groups is 2. The molecule has 0 aliphatic carbocycles. The predicted molar refractivity (Wildman–Crippen MR) is 35.5 cm³/mol. The van der Waals surface area contributed by atoms with Crippen LogP contribution in [0.25, 0.3) is 0 Å². The van der Waals surface area contributed by atoms with Gasteiger partial charge in [0.15, 0.2) is 12.5 Å². The smallest absolute Gasteiger partial charge is 0.189 e. The fourth-order valence-corrected chi connectivity index (χ4v) is 0.312. The Morgan fingerprint density at radius 3 is 1.22 bits per heavy atom. The van der Waals surface area contributed by atoms with Crippen molar-refractivity contribution in [2.24, 2.45) is 0 Å². The van der Waals surface area contributed by atoms with Crippen molar-refractivity contribution in [3.8, 4) is 0 Å². The maximum absolute atomic E-state index is 9.06. The molecule has 2 unspecified atom stereocenters. The zero-order chi connectivity index (χ0) is 7.65. The molecule has 0 heterocycles. The topological polar surface area (TPSA) is 40.5 Å². The zero-order valence-electron chi connectivity index (χ0n) is 6.50. The Kier molecular flexibility index (Phi) is 2.61. The summed E-state index contributed by atoms with van der Waals surface area (Å²) < 4.78 is 0.222. The normalized spacial score (nSPS) is 19.3. The van der Waals surface area contributed by atoms with Gasteiger partial charge in [-0.3, -0.25) is 4.48 Å². The van der Waals surface area contributed by atoms with E-state index in [4.69, 9.17) is 10.2 Å². The molecule has 0 amide bonds. The Hall–Kier alpha value is -0.120. The van der Waals surface area contributed by atoms with Gasteiger partial charge in [0, 0.05) is 13.8 Å². The van der Waals surface area contributed by atoms with E-state index in [0.717, 1.165) is 0 Å². The second-order valence-corrected chi connectivity index (χ2v) is 2.89. The first kappa shape index (κ1) is 8.88. The van der Waals surface area contributed by atoms with Crippen molar-refractivity contribution in [2.45, 2.75) is 26.3 Å². The molecule has 0 fully saturated rings. The van der Waals surface area contributed by atoms with Gasteiger partial charge in [0.1, 0.15) is 0 Å². The minimum Gasteiger partial charge on any atom is -0.345 e. The molecule has 2 atom stereocenters. The predicted octanol–water partition coefficient (Wildman–Crippen LogP) is -0.261. The lowest BCUT2D eigenvalue weighted by Gasteiger charge is -2.35. The largest absolute Gasteiger partial charge is 0.345 e. The van der Waals surface area contributed by atoms with Crippen LogP contribution in [0.15, 0.2) is 0 Å². The molecule has 3 nitrogen and oxygen atoms in total. The molecular formula is C6H16NO2+. The highest BCUT2D eigenvalue weighted by Gasteiger charge is 2.26. The first-order valence-electron chi connectivity index (χ1n) is 3.08. The fraction of sp³-hybridized carbons (Fsp3) is 1.00. The minimum atomic E-state index is -0.523. The van der Waals surface area contributed by atoms with Crippen LogP contribution < -0.4 is 0 Å². The van der Waals surface area contributed by atoms with Crippen LogP contribution >= 0.6 is 0 Å². The highest BCUT2D eigenvalue weighted by molar-refractivity contribution is 4.31. The van der Waals surface area contributed by atoms with E-state index in [1.54, 1.807) is 27.9 Å². The summed E-state index contributed by atoms with van der Waals surface area (Å²) in [5.74, 6) is 0. The molecule has 0 saturated heterocycles. The molecule has 0 aliphatic rings. The number of nitrogens with zero attached hydrogens (tertiary/aromatic N) is 1. The summed E-state index contributed by atoms with van der Waals surface area (Å²) in [5.41, 5.74) is 0. The molecule has 56 valence electrons. The Bertz CT molecular complexity index is 79.1. The van der Waals surface area contributed by atoms with Gasteiger partial charge in [-0.15, -0.1) is 0 Å². The van der Waals surface area contributed by atoms with Gasteiger partial charge in [-0.2, -0.15) is 0 Å². The van der Waals surface area contributed by atoms with Crippen molar-refractivity contribution in [1.82, 2.24) is 0 Å². The summed E-state index contributed by atoms with van der Waals surface area (Å²) in [6.45, 7) is 3.32. The summed E-state index contributed by atoms with van der Waals surface area (Å²) in [6, 6.07) is 0. The molecule has 0 aromatic rings. The van der Waals surface area contributed by atoms with Gasteiger partial charge in [0.2, 0.25) is 0 Å². The molecule has 0 aliphatic heterocycles. The third-order valence-corrected chi connectivity index (χ3v) is 1.93. The number of rotatable bonds is 2. The van der Waals surface area contributed by atoms with Crippen LogP contribution in [0, 0.1) is 0 Å². The summed E-state index contributed by atoms with van der Waals surface area (Å²) in [7, 11) is 3.55. The molecule has 0 aromatic heterocycles. The average Bonchev–Trinajstić information content (AvgIpc) is 1.65. The molecule has 9 heavy (non-hydrogen) atoms. The van der Waals surface area contributed by atoms with Crippen molar-refractivity contribution in [2.75, 3.05) is 14.1 Å². The van der Waals surface area contributed by atoms with E-state index in [1.165, 1.54) is 0 Å². The minimum absolute atomic E-state index is 0.222. The van der Waals surface area contributed by atoms with E-state index in [0.29, 0.717) is 0 Å². The van der Waals surface area contributed by atoms with Gasteiger partial charge in [-0.1, -0.05) is 0 Å². The van der Waals surface area contributed by atoms with Crippen LogP contribution in [-0.4, -0.2) is 41.2 Å². The molecule has 0 aromatic carbocycles. The summed E-state index contributed by atoms with van der Waals surface area (Å²) in [4.78, 5) is 0. The molecule has 0 spiro atoms. The first-order chi connectivity index (χ1) is 3.89. The molecule has 0 radical (unpaired) electrons. The van der Waals surface area contributed by atoms with Crippen LogP contribution in [0.1, 0.15) is 13.8 Å². The number of quaternary nitrogens is 1. The van der Waals surface area contributed by atoms with E-state index < -0.39 is 12.5 Å². The average molecular weight is 134 g/mol. The summed E-state index contributed by atoms with van der Waals surface area (Å²) in [6.07, 6.45) is -1.05. The summed E-state index contributed by atoms with van der Waals surface area (Å²) >= 11 is 0. The number of hydrogen-bond donors (Lipinski definition) is 2. The maximum atomic E-state index is 9.06. The number of aliphatic hydroxyl groups excluding tert-OH is 2. The molecule has 0 saturated carbocycles. The SMILES string of the molecule is CC(O)[N+](C)(C)C(C)O. The van der Waals surface area contributed by atoms with Crippen LogP contribution in [0.2, 0.25) is 0 Å². The Morgan fingerprint density at radius 2 is 1.22 bits per heavy atom. The van der Waals surface area contributed by atoms with Crippen LogP contribution in [0.4, 0.5) is 0 Å². The van der Waals surface area contributed by atoms with E-state index in [2.05, 4.69) is 0 Å². The van der Waals surface area contributed by atoms with Crippen molar-refractivity contribution >= 4 is 0 Å². The van der Waals surface area contributed by atoms with E-state index in [9.17, 15) is 0 Å². The van der Waals surface area contributed by atoms with E-state index >= 15 is 0 Å². The monoisotopic (exact) mass is 134 g/mol. The van der Waals surface area contributed by atoms with Crippen molar-refractivity contribution in [3.63, 3.8) is 0 Å². The van der Waals surface area contributed by atoms with Gasteiger partial charge in [-0.25, -0.2) is 0 Å². The molecule has 3 heteroatoms. The third kappa shape index (κ3) is 1.93. The summed E-state index contributed by atoms with van der Waals surface area (Å²) in [5, 5.41) is 18.1. The highest BCUT2D eigenvalue weighted by atomic mass is 16.3. The van der Waals surface area contributed by atoms with Crippen molar-refractivity contribution < 1.29 is 14.7 Å². The molecule has 2 N–H and O–H groups in total. The van der Waals surface area contributed by atoms with Crippen molar-refractivity contribution in [1.29, 1.82) is 0 Å². The standard InChI is InChI=1S/C6H16NO2/c1-5(8)7(3,4)6(2)9/h5-6,8-9H,1-4H3/q+1. The molecule has 0 bridgehead atoms.